The molecule has 0 N–H and O–H groups in total. The Kier molecular flexibility index (Phi) is 6.79. The molecule has 0 fully saturated rings. The third-order valence-electron chi connectivity index (χ3n) is 6.31. The van der Waals surface area contributed by atoms with Crippen molar-refractivity contribution in [3.8, 4) is 28.7 Å². The van der Waals surface area contributed by atoms with Crippen LogP contribution in [0.2, 0.25) is 0 Å². The summed E-state index contributed by atoms with van der Waals surface area (Å²) in [5.74, 6) is 1.19. The number of hydrogen-bond donors (Lipinski definition) is 0. The second-order valence-corrected chi connectivity index (χ2v) is 9.72. The van der Waals surface area contributed by atoms with Crippen LogP contribution in [0.25, 0.3) is 33.8 Å². The van der Waals surface area contributed by atoms with Gasteiger partial charge in [-0.1, -0.05) is 38.1 Å². The summed E-state index contributed by atoms with van der Waals surface area (Å²) in [5, 5.41) is 5.24. The number of methoxy groups -OCH3 is 1. The van der Waals surface area contributed by atoms with Gasteiger partial charge >= 0.3 is 6.18 Å². The molecule has 4 heterocycles. The monoisotopic (exact) mass is 536 g/mol. The van der Waals surface area contributed by atoms with Crippen molar-refractivity contribution < 1.29 is 17.9 Å². The predicted molar refractivity (Wildman–Crippen MR) is 139 cm³/mol. The first-order valence-electron chi connectivity index (χ1n) is 12.4. The third-order valence-corrected chi connectivity index (χ3v) is 6.31. The SMILES string of the molecule is COc1ncnc(C(C)C)c1-c1ncc2cnn(Cc3ccc(-c4nc(C(F)(F)F)cn4C(C)C)cc3)c2n1. The van der Waals surface area contributed by atoms with Gasteiger partial charge in [-0.05, 0) is 25.3 Å². The quantitative estimate of drug-likeness (QED) is 0.254. The van der Waals surface area contributed by atoms with Gasteiger partial charge in [-0.3, -0.25) is 0 Å². The van der Waals surface area contributed by atoms with Gasteiger partial charge in [-0.25, -0.2) is 29.6 Å². The van der Waals surface area contributed by atoms with Crippen molar-refractivity contribution in [2.24, 2.45) is 0 Å². The van der Waals surface area contributed by atoms with Crippen molar-refractivity contribution in [2.75, 3.05) is 7.11 Å². The molecule has 0 aliphatic carbocycles. The molecule has 202 valence electrons. The average Bonchev–Trinajstić information content (AvgIpc) is 3.53. The van der Waals surface area contributed by atoms with Gasteiger partial charge in [0, 0.05) is 24.0 Å². The van der Waals surface area contributed by atoms with Crippen LogP contribution in [-0.4, -0.2) is 46.4 Å². The van der Waals surface area contributed by atoms with Gasteiger partial charge in [0.15, 0.2) is 17.2 Å². The summed E-state index contributed by atoms with van der Waals surface area (Å²) < 4.78 is 48.6. The molecule has 0 spiro atoms. The van der Waals surface area contributed by atoms with E-state index in [0.29, 0.717) is 35.0 Å². The molecule has 9 nitrogen and oxygen atoms in total. The topological polar surface area (TPSA) is 96.4 Å². The summed E-state index contributed by atoms with van der Waals surface area (Å²) in [6.07, 6.45) is 1.39. The van der Waals surface area contributed by atoms with E-state index in [9.17, 15) is 13.2 Å². The number of halogens is 3. The van der Waals surface area contributed by atoms with Crippen LogP contribution in [0.15, 0.2) is 49.2 Å². The predicted octanol–water partition coefficient (Wildman–Crippen LogP) is 5.93. The number of nitrogens with zero attached hydrogens (tertiary/aromatic N) is 8. The molecule has 0 amide bonds. The minimum Gasteiger partial charge on any atom is -0.480 e. The van der Waals surface area contributed by atoms with Gasteiger partial charge in [-0.2, -0.15) is 18.3 Å². The van der Waals surface area contributed by atoms with E-state index in [2.05, 4.69) is 25.0 Å². The molecule has 12 heteroatoms. The second kappa shape index (κ2) is 10.1. The minimum atomic E-state index is -4.51. The molecule has 5 aromatic rings. The van der Waals surface area contributed by atoms with Crippen molar-refractivity contribution in [2.45, 2.75) is 52.4 Å². The van der Waals surface area contributed by atoms with E-state index in [4.69, 9.17) is 9.72 Å². The van der Waals surface area contributed by atoms with Crippen LogP contribution in [0.1, 0.15) is 56.6 Å². The Balaban J connectivity index is 1.48. The summed E-state index contributed by atoms with van der Waals surface area (Å²) in [5.41, 5.74) is 2.61. The molecule has 39 heavy (non-hydrogen) atoms. The van der Waals surface area contributed by atoms with Crippen molar-refractivity contribution in [3.63, 3.8) is 0 Å². The first-order valence-corrected chi connectivity index (χ1v) is 12.4. The fourth-order valence-electron chi connectivity index (χ4n) is 4.36. The van der Waals surface area contributed by atoms with Gasteiger partial charge in [-0.15, -0.1) is 0 Å². The highest BCUT2D eigenvalue weighted by Crippen LogP contribution is 2.34. The van der Waals surface area contributed by atoms with Gasteiger partial charge < -0.3 is 9.30 Å². The Morgan fingerprint density at radius 3 is 2.33 bits per heavy atom. The Morgan fingerprint density at radius 1 is 0.949 bits per heavy atom. The average molecular weight is 537 g/mol. The van der Waals surface area contributed by atoms with Crippen molar-refractivity contribution in [3.05, 3.63) is 66.1 Å². The number of ether oxygens (including phenoxy) is 1. The zero-order valence-electron chi connectivity index (χ0n) is 22.1. The minimum absolute atomic E-state index is 0.0955. The number of fused-ring (bicyclic) bond motifs is 1. The normalized spacial score (nSPS) is 12.2. The molecule has 0 unspecified atom stereocenters. The van der Waals surface area contributed by atoms with Gasteiger partial charge in [0.2, 0.25) is 5.88 Å². The maximum Gasteiger partial charge on any atom is 0.434 e. The fourth-order valence-corrected chi connectivity index (χ4v) is 4.36. The summed E-state index contributed by atoms with van der Waals surface area (Å²) in [6, 6.07) is 7.05. The van der Waals surface area contributed by atoms with E-state index >= 15 is 0 Å². The van der Waals surface area contributed by atoms with Crippen LogP contribution in [-0.2, 0) is 12.7 Å². The molecule has 5 rings (SSSR count). The summed E-state index contributed by atoms with van der Waals surface area (Å²) in [6.45, 7) is 8.08. The van der Waals surface area contributed by atoms with Gasteiger partial charge in [0.05, 0.1) is 30.9 Å². The number of alkyl halides is 3. The van der Waals surface area contributed by atoms with Crippen LogP contribution in [0.5, 0.6) is 5.88 Å². The Hall–Kier alpha value is -4.35. The molecule has 0 aliphatic heterocycles. The van der Waals surface area contributed by atoms with Crippen LogP contribution in [0.4, 0.5) is 13.2 Å². The summed E-state index contributed by atoms with van der Waals surface area (Å²) >= 11 is 0. The maximum atomic E-state index is 13.3. The highest BCUT2D eigenvalue weighted by molar-refractivity contribution is 5.77. The first-order chi connectivity index (χ1) is 18.6. The van der Waals surface area contributed by atoms with E-state index in [1.54, 1.807) is 36.3 Å². The standard InChI is InChI=1S/C27H27F3N8O/c1-15(2)22-21(26(39-5)33-14-32-22)23-31-10-19-11-34-38(25(19)36-23)12-17-6-8-18(9-7-17)24-35-20(27(28,29)30)13-37(24)16(3)4/h6-11,13-16H,12H2,1-5H3. The highest BCUT2D eigenvalue weighted by atomic mass is 19.4. The lowest BCUT2D eigenvalue weighted by atomic mass is 10.0. The largest absolute Gasteiger partial charge is 0.480 e. The van der Waals surface area contributed by atoms with Crippen molar-refractivity contribution in [1.82, 2.24) is 39.3 Å². The smallest absolute Gasteiger partial charge is 0.434 e. The van der Waals surface area contributed by atoms with Gasteiger partial charge in [0.25, 0.3) is 0 Å². The lowest BCUT2D eigenvalue weighted by molar-refractivity contribution is -0.140. The van der Waals surface area contributed by atoms with Crippen LogP contribution in [0, 0.1) is 0 Å². The molecule has 1 aromatic carbocycles. The molecule has 0 saturated heterocycles. The number of rotatable bonds is 7. The summed E-state index contributed by atoms with van der Waals surface area (Å²) in [7, 11) is 1.54. The number of benzene rings is 1. The van der Waals surface area contributed by atoms with Crippen LogP contribution < -0.4 is 4.74 Å². The van der Waals surface area contributed by atoms with E-state index in [1.165, 1.54) is 10.9 Å². The summed E-state index contributed by atoms with van der Waals surface area (Å²) in [4.78, 5) is 21.8. The number of hydrogen-bond acceptors (Lipinski definition) is 7. The molecule has 0 saturated carbocycles. The molecular formula is C27H27F3N8O. The number of imidazole rings is 1. The lowest BCUT2D eigenvalue weighted by Gasteiger charge is -2.13. The fraction of sp³-hybridized carbons (Fsp3) is 0.333. The van der Waals surface area contributed by atoms with E-state index in [0.717, 1.165) is 22.8 Å². The zero-order chi connectivity index (χ0) is 27.9. The Bertz CT molecular complexity index is 1620. The first kappa shape index (κ1) is 26.3. The molecule has 0 bridgehead atoms. The zero-order valence-corrected chi connectivity index (χ0v) is 22.1. The lowest BCUT2D eigenvalue weighted by Crippen LogP contribution is -2.06. The molecular weight excluding hydrogens is 509 g/mol. The molecule has 0 radical (unpaired) electrons. The molecule has 0 atom stereocenters. The van der Waals surface area contributed by atoms with E-state index in [-0.39, 0.29) is 17.8 Å². The maximum absolute atomic E-state index is 13.3. The van der Waals surface area contributed by atoms with Crippen molar-refractivity contribution in [1.29, 1.82) is 0 Å². The second-order valence-electron chi connectivity index (χ2n) is 9.72. The Morgan fingerprint density at radius 2 is 1.69 bits per heavy atom. The highest BCUT2D eigenvalue weighted by Gasteiger charge is 2.35. The van der Waals surface area contributed by atoms with Crippen LogP contribution in [0.3, 0.4) is 0 Å². The van der Waals surface area contributed by atoms with Gasteiger partial charge in [0.1, 0.15) is 17.7 Å². The Labute approximate surface area is 222 Å². The van der Waals surface area contributed by atoms with Crippen molar-refractivity contribution >= 4 is 11.0 Å². The molecule has 4 aromatic heterocycles. The number of aromatic nitrogens is 8. The van der Waals surface area contributed by atoms with Crippen LogP contribution >= 0.6 is 0 Å². The molecule has 0 aliphatic rings. The third kappa shape index (κ3) is 5.06. The van der Waals surface area contributed by atoms with E-state index < -0.39 is 11.9 Å². The van der Waals surface area contributed by atoms with E-state index in [1.807, 2.05) is 39.8 Å².